The summed E-state index contributed by atoms with van der Waals surface area (Å²) in [5.41, 5.74) is 0.0453. The lowest BCUT2D eigenvalue weighted by molar-refractivity contribution is -0.0240. The van der Waals surface area contributed by atoms with Crippen molar-refractivity contribution in [3.05, 3.63) is 47.1 Å². The Labute approximate surface area is 173 Å². The lowest BCUT2D eigenvalue weighted by atomic mass is 9.78. The Morgan fingerprint density at radius 3 is 2.59 bits per heavy atom. The molecule has 0 amide bonds. The third-order valence-corrected chi connectivity index (χ3v) is 6.13. The van der Waals surface area contributed by atoms with Crippen LogP contribution in [-0.4, -0.2) is 53.6 Å². The number of rotatable bonds is 5. The van der Waals surface area contributed by atoms with Crippen LogP contribution in [0.25, 0.3) is 0 Å². The highest BCUT2D eigenvalue weighted by Gasteiger charge is 2.43. The number of aliphatic hydroxyl groups excluding tert-OH is 1. The predicted molar refractivity (Wildman–Crippen MR) is 108 cm³/mol. The Morgan fingerprint density at radius 1 is 1.21 bits per heavy atom. The number of carboxylic acid groups (broad SMARTS) is 1. The average molecular weight is 419 g/mol. The highest BCUT2D eigenvalue weighted by molar-refractivity contribution is 6.33. The molecule has 8 heteroatoms. The minimum Gasteiger partial charge on any atom is -0.493 e. The van der Waals surface area contributed by atoms with Crippen molar-refractivity contribution in [3.63, 3.8) is 0 Å². The van der Waals surface area contributed by atoms with Gasteiger partial charge in [0, 0.05) is 19.3 Å². The molecular formula is C21H23ClN2O5. The molecule has 2 heterocycles. The number of methoxy groups -OCH3 is 1. The molecule has 1 aromatic carbocycles. The third-order valence-electron chi connectivity index (χ3n) is 5.83. The van der Waals surface area contributed by atoms with Gasteiger partial charge in [-0.15, -0.1) is 0 Å². The standard InChI is InChI=1S/C21H23ClN2O5/c1-28-17-4-2-3-5-18(17)29-19-7-13-11-24(10-12(13)6-16(19)25)20-8-14(21(26)27)15(22)9-23-20/h2-5,8-9,12-13,16,19,25H,6-7,10-11H2,1H3,(H,26,27)/t12-,13+,16+,19+/m0/s1. The van der Waals surface area contributed by atoms with Gasteiger partial charge in [-0.1, -0.05) is 23.7 Å². The van der Waals surface area contributed by atoms with Crippen LogP contribution in [0, 0.1) is 11.8 Å². The topological polar surface area (TPSA) is 92.1 Å². The van der Waals surface area contributed by atoms with E-state index in [1.165, 1.54) is 12.3 Å². The molecule has 1 aliphatic carbocycles. The second-order valence-electron chi connectivity index (χ2n) is 7.60. The van der Waals surface area contributed by atoms with Gasteiger partial charge in [-0.25, -0.2) is 9.78 Å². The zero-order chi connectivity index (χ0) is 20.5. The Kier molecular flexibility index (Phi) is 5.52. The number of aromatic carboxylic acids is 1. The molecule has 2 aromatic rings. The molecule has 4 atom stereocenters. The number of hydrogen-bond donors (Lipinski definition) is 2. The maximum Gasteiger partial charge on any atom is 0.337 e. The van der Waals surface area contributed by atoms with E-state index in [-0.39, 0.29) is 16.7 Å². The van der Waals surface area contributed by atoms with Crippen molar-refractivity contribution in [1.29, 1.82) is 0 Å². The third kappa shape index (κ3) is 3.97. The Balaban J connectivity index is 1.48. The van der Waals surface area contributed by atoms with E-state index in [0.29, 0.717) is 42.0 Å². The number of anilines is 1. The molecule has 29 heavy (non-hydrogen) atoms. The van der Waals surface area contributed by atoms with Gasteiger partial charge in [0.25, 0.3) is 0 Å². The second kappa shape index (κ2) is 8.08. The Morgan fingerprint density at radius 2 is 1.90 bits per heavy atom. The summed E-state index contributed by atoms with van der Waals surface area (Å²) in [6, 6.07) is 8.93. The van der Waals surface area contributed by atoms with E-state index >= 15 is 0 Å². The lowest BCUT2D eigenvalue weighted by Gasteiger charge is -2.35. The Bertz CT molecular complexity index is 908. The van der Waals surface area contributed by atoms with Gasteiger partial charge in [0.2, 0.25) is 0 Å². The largest absolute Gasteiger partial charge is 0.493 e. The van der Waals surface area contributed by atoms with Crippen LogP contribution >= 0.6 is 11.6 Å². The lowest BCUT2D eigenvalue weighted by Crippen LogP contribution is -2.42. The van der Waals surface area contributed by atoms with E-state index in [4.69, 9.17) is 21.1 Å². The summed E-state index contributed by atoms with van der Waals surface area (Å²) in [6.45, 7) is 1.45. The summed E-state index contributed by atoms with van der Waals surface area (Å²) in [4.78, 5) is 17.7. The zero-order valence-electron chi connectivity index (χ0n) is 16.0. The molecule has 0 radical (unpaired) electrons. The van der Waals surface area contributed by atoms with Crippen molar-refractivity contribution < 1.29 is 24.5 Å². The van der Waals surface area contributed by atoms with Crippen LogP contribution in [-0.2, 0) is 0 Å². The zero-order valence-corrected chi connectivity index (χ0v) is 16.7. The van der Waals surface area contributed by atoms with Gasteiger partial charge >= 0.3 is 5.97 Å². The number of carboxylic acids is 1. The monoisotopic (exact) mass is 418 g/mol. The first-order valence-electron chi connectivity index (χ1n) is 9.57. The SMILES string of the molecule is COc1ccccc1O[C@@H]1C[C@@H]2CN(c3cc(C(=O)O)c(Cl)cn3)C[C@@H]2C[C@H]1O. The van der Waals surface area contributed by atoms with Crippen LogP contribution in [0.3, 0.4) is 0 Å². The molecule has 2 N–H and O–H groups in total. The van der Waals surface area contributed by atoms with Crippen LogP contribution in [0.5, 0.6) is 11.5 Å². The van der Waals surface area contributed by atoms with E-state index in [9.17, 15) is 15.0 Å². The molecule has 4 rings (SSSR count). The molecule has 1 aliphatic heterocycles. The molecule has 0 unspecified atom stereocenters. The fourth-order valence-electron chi connectivity index (χ4n) is 4.35. The first-order chi connectivity index (χ1) is 14.0. The van der Waals surface area contributed by atoms with Crippen LogP contribution in [0.15, 0.2) is 36.5 Å². The summed E-state index contributed by atoms with van der Waals surface area (Å²) in [7, 11) is 1.59. The van der Waals surface area contributed by atoms with Gasteiger partial charge in [-0.2, -0.15) is 0 Å². The van der Waals surface area contributed by atoms with E-state index in [1.807, 2.05) is 24.3 Å². The summed E-state index contributed by atoms with van der Waals surface area (Å²) in [5.74, 6) is 1.41. The van der Waals surface area contributed by atoms with Crippen molar-refractivity contribution in [2.75, 3.05) is 25.1 Å². The first-order valence-corrected chi connectivity index (χ1v) is 9.95. The molecule has 2 fully saturated rings. The van der Waals surface area contributed by atoms with E-state index in [2.05, 4.69) is 9.88 Å². The van der Waals surface area contributed by atoms with E-state index in [1.54, 1.807) is 7.11 Å². The van der Waals surface area contributed by atoms with Crippen LogP contribution in [0.1, 0.15) is 23.2 Å². The molecule has 1 saturated carbocycles. The molecule has 1 saturated heterocycles. The molecule has 154 valence electrons. The minimum atomic E-state index is -1.07. The maximum atomic E-state index is 11.4. The second-order valence-corrected chi connectivity index (χ2v) is 8.01. The summed E-state index contributed by atoms with van der Waals surface area (Å²) in [6.07, 6.45) is 1.82. The number of fused-ring (bicyclic) bond motifs is 1. The molecule has 1 aromatic heterocycles. The van der Waals surface area contributed by atoms with Crippen LogP contribution in [0.4, 0.5) is 5.82 Å². The number of aliphatic hydroxyl groups is 1. The number of para-hydroxylation sites is 2. The number of ether oxygens (including phenoxy) is 2. The summed E-state index contributed by atoms with van der Waals surface area (Å²) >= 11 is 5.94. The van der Waals surface area contributed by atoms with Crippen LogP contribution in [0.2, 0.25) is 5.02 Å². The number of hydrogen-bond acceptors (Lipinski definition) is 6. The van der Waals surface area contributed by atoms with Crippen LogP contribution < -0.4 is 14.4 Å². The summed E-state index contributed by atoms with van der Waals surface area (Å²) in [5, 5.41) is 20.1. The quantitative estimate of drug-likeness (QED) is 0.770. The minimum absolute atomic E-state index is 0.0453. The normalized spacial score (nSPS) is 26.1. The highest BCUT2D eigenvalue weighted by atomic mass is 35.5. The number of pyridine rings is 1. The molecular weight excluding hydrogens is 396 g/mol. The van der Waals surface area contributed by atoms with E-state index in [0.717, 1.165) is 13.1 Å². The smallest absolute Gasteiger partial charge is 0.337 e. The van der Waals surface area contributed by atoms with Crippen molar-refractivity contribution in [2.45, 2.75) is 25.0 Å². The van der Waals surface area contributed by atoms with Crippen molar-refractivity contribution in [1.82, 2.24) is 4.98 Å². The van der Waals surface area contributed by atoms with Gasteiger partial charge < -0.3 is 24.6 Å². The fraction of sp³-hybridized carbons (Fsp3) is 0.429. The van der Waals surface area contributed by atoms with E-state index < -0.39 is 12.1 Å². The number of benzene rings is 1. The maximum absolute atomic E-state index is 11.4. The van der Waals surface area contributed by atoms with Gasteiger partial charge in [0.15, 0.2) is 11.5 Å². The first kappa shape index (κ1) is 19.8. The van der Waals surface area contributed by atoms with Gasteiger partial charge in [0.05, 0.1) is 23.8 Å². The molecule has 7 nitrogen and oxygen atoms in total. The molecule has 2 aliphatic rings. The highest BCUT2D eigenvalue weighted by Crippen LogP contribution is 2.40. The predicted octanol–water partition coefficient (Wildman–Crippen LogP) is 3.10. The average Bonchev–Trinajstić information content (AvgIpc) is 3.11. The number of aromatic nitrogens is 1. The number of halogens is 1. The van der Waals surface area contributed by atoms with Crippen molar-refractivity contribution >= 4 is 23.4 Å². The molecule has 0 spiro atoms. The number of nitrogens with zero attached hydrogens (tertiary/aromatic N) is 2. The van der Waals surface area contributed by atoms with Crippen molar-refractivity contribution in [2.24, 2.45) is 11.8 Å². The van der Waals surface area contributed by atoms with Gasteiger partial charge in [-0.05, 0) is 42.9 Å². The van der Waals surface area contributed by atoms with Gasteiger partial charge in [0.1, 0.15) is 11.9 Å². The van der Waals surface area contributed by atoms with Crippen molar-refractivity contribution in [3.8, 4) is 11.5 Å². The fourth-order valence-corrected chi connectivity index (χ4v) is 4.53. The Hall–Kier alpha value is -2.51. The number of carbonyl (C=O) groups is 1. The van der Waals surface area contributed by atoms with Gasteiger partial charge in [-0.3, -0.25) is 0 Å². The summed E-state index contributed by atoms with van der Waals surface area (Å²) < 4.78 is 11.4. The molecule has 0 bridgehead atoms.